The van der Waals surface area contributed by atoms with Crippen LogP contribution >= 0.6 is 12.2 Å². The molecule has 0 bridgehead atoms. The van der Waals surface area contributed by atoms with E-state index in [-0.39, 0.29) is 11.7 Å². The molecule has 2 aromatic carbocycles. The lowest BCUT2D eigenvalue weighted by atomic mass is 9.83. The van der Waals surface area contributed by atoms with Crippen molar-refractivity contribution in [2.75, 3.05) is 36.4 Å². The number of piperazine rings is 1. The zero-order valence-corrected chi connectivity index (χ0v) is 21.8. The molecule has 200 valence electrons. The molecule has 1 saturated heterocycles. The first-order valence-corrected chi connectivity index (χ1v) is 13.2. The minimum absolute atomic E-state index is 0.0561. The molecule has 0 radical (unpaired) electrons. The van der Waals surface area contributed by atoms with Crippen LogP contribution in [0.1, 0.15) is 49.7 Å². The number of hydrogen-bond donors (Lipinski definition) is 1. The SMILES string of the molecule is Cc1ccc(N2CCN(C(=S)CCC3CCC(Nc4ccc([N+](=O)[O-])c(C(F)(F)F)c4)CC3)CC2)cc1. The van der Waals surface area contributed by atoms with E-state index >= 15 is 0 Å². The number of hydrogen-bond acceptors (Lipinski definition) is 5. The fraction of sp³-hybridized carbons (Fsp3) is 0.519. The first-order chi connectivity index (χ1) is 17.6. The van der Waals surface area contributed by atoms with Gasteiger partial charge in [0.15, 0.2) is 0 Å². The highest BCUT2D eigenvalue weighted by atomic mass is 32.1. The Labute approximate surface area is 221 Å². The van der Waals surface area contributed by atoms with E-state index in [9.17, 15) is 23.3 Å². The first kappa shape index (κ1) is 27.2. The Hall–Kier alpha value is -2.88. The van der Waals surface area contributed by atoms with Gasteiger partial charge in [-0.15, -0.1) is 0 Å². The standard InChI is InChI=1S/C27H33F3N4O2S/c1-19-2-10-23(11-3-19)32-14-16-33(17-15-32)26(37)13-6-20-4-7-21(8-5-20)31-22-9-12-25(34(35)36)24(18-22)27(28,29)30/h2-3,9-12,18,20-21,31H,4-8,13-17H2,1H3. The number of rotatable bonds is 7. The van der Waals surface area contributed by atoms with Gasteiger partial charge in [-0.05, 0) is 75.6 Å². The Balaban J connectivity index is 1.20. The van der Waals surface area contributed by atoms with Gasteiger partial charge >= 0.3 is 6.18 Å². The summed E-state index contributed by atoms with van der Waals surface area (Å²) in [4.78, 5) is 15.7. The van der Waals surface area contributed by atoms with E-state index < -0.39 is 22.4 Å². The Bertz CT molecular complexity index is 1090. The van der Waals surface area contributed by atoms with E-state index in [1.54, 1.807) is 0 Å². The second kappa shape index (κ2) is 11.7. The molecule has 1 heterocycles. The molecule has 2 aromatic rings. The van der Waals surface area contributed by atoms with Crippen LogP contribution in [0.3, 0.4) is 0 Å². The van der Waals surface area contributed by atoms with Gasteiger partial charge in [-0.3, -0.25) is 10.1 Å². The summed E-state index contributed by atoms with van der Waals surface area (Å²) in [5, 5.41) is 14.1. The molecule has 0 amide bonds. The van der Waals surface area contributed by atoms with Gasteiger partial charge in [0, 0.05) is 49.7 Å². The number of aryl methyl sites for hydroxylation is 1. The first-order valence-electron chi connectivity index (χ1n) is 12.8. The largest absolute Gasteiger partial charge is 0.423 e. The predicted octanol–water partition coefficient (Wildman–Crippen LogP) is 6.82. The molecule has 2 fully saturated rings. The van der Waals surface area contributed by atoms with Gasteiger partial charge in [0.05, 0.1) is 9.91 Å². The number of benzene rings is 2. The van der Waals surface area contributed by atoms with E-state index in [1.165, 1.54) is 17.3 Å². The minimum atomic E-state index is -4.77. The van der Waals surface area contributed by atoms with Crippen molar-refractivity contribution in [1.82, 2.24) is 4.90 Å². The molecule has 0 spiro atoms. The number of halogens is 3. The van der Waals surface area contributed by atoms with Crippen LogP contribution in [0.5, 0.6) is 0 Å². The molecular formula is C27H33F3N4O2S. The van der Waals surface area contributed by atoms with Gasteiger partial charge in [0.1, 0.15) is 5.56 Å². The van der Waals surface area contributed by atoms with Crippen LogP contribution in [0.2, 0.25) is 0 Å². The van der Waals surface area contributed by atoms with Gasteiger partial charge < -0.3 is 15.1 Å². The molecule has 1 saturated carbocycles. The van der Waals surface area contributed by atoms with Crippen molar-refractivity contribution in [2.24, 2.45) is 5.92 Å². The number of nitro groups is 1. The summed E-state index contributed by atoms with van der Waals surface area (Å²) in [6.07, 6.45) is 0.820. The normalized spacial score (nSPS) is 20.5. The topological polar surface area (TPSA) is 61.6 Å². The Morgan fingerprint density at radius 2 is 1.70 bits per heavy atom. The Kier molecular flexibility index (Phi) is 8.56. The number of nitrogens with zero attached hydrogens (tertiary/aromatic N) is 3. The number of alkyl halides is 3. The van der Waals surface area contributed by atoms with Gasteiger partial charge in [-0.25, -0.2) is 0 Å². The number of nitro benzene ring substituents is 1. The lowest BCUT2D eigenvalue weighted by molar-refractivity contribution is -0.388. The van der Waals surface area contributed by atoms with Crippen LogP contribution in [0, 0.1) is 23.0 Å². The molecule has 37 heavy (non-hydrogen) atoms. The molecule has 4 rings (SSSR count). The van der Waals surface area contributed by atoms with Crippen LogP contribution in [0.25, 0.3) is 0 Å². The maximum absolute atomic E-state index is 13.3. The van der Waals surface area contributed by atoms with Crippen LogP contribution in [-0.2, 0) is 6.18 Å². The van der Waals surface area contributed by atoms with Gasteiger partial charge in [0.25, 0.3) is 5.69 Å². The maximum Gasteiger partial charge on any atom is 0.423 e. The zero-order chi connectivity index (χ0) is 26.6. The summed E-state index contributed by atoms with van der Waals surface area (Å²) in [5.41, 5.74) is 0.645. The molecule has 10 heteroatoms. The molecular weight excluding hydrogens is 501 g/mol. The third kappa shape index (κ3) is 7.12. The summed E-state index contributed by atoms with van der Waals surface area (Å²) >= 11 is 5.75. The average molecular weight is 535 g/mol. The van der Waals surface area contributed by atoms with Crippen molar-refractivity contribution in [3.05, 3.63) is 63.7 Å². The van der Waals surface area contributed by atoms with E-state index in [0.717, 1.165) is 81.8 Å². The second-order valence-electron chi connectivity index (χ2n) is 10.1. The fourth-order valence-corrected chi connectivity index (χ4v) is 5.60. The van der Waals surface area contributed by atoms with E-state index in [0.29, 0.717) is 5.92 Å². The second-order valence-corrected chi connectivity index (χ2v) is 10.6. The predicted molar refractivity (Wildman–Crippen MR) is 144 cm³/mol. The lowest BCUT2D eigenvalue weighted by Gasteiger charge is -2.38. The molecule has 0 unspecified atom stereocenters. The summed E-state index contributed by atoms with van der Waals surface area (Å²) in [5.74, 6) is 0.549. The fourth-order valence-electron chi connectivity index (χ4n) is 5.30. The molecule has 1 aliphatic heterocycles. The summed E-state index contributed by atoms with van der Waals surface area (Å²) in [7, 11) is 0. The summed E-state index contributed by atoms with van der Waals surface area (Å²) in [6.45, 7) is 5.86. The average Bonchev–Trinajstić information content (AvgIpc) is 2.88. The van der Waals surface area contributed by atoms with Crippen LogP contribution < -0.4 is 10.2 Å². The van der Waals surface area contributed by atoms with Gasteiger partial charge in [0.2, 0.25) is 0 Å². The van der Waals surface area contributed by atoms with Crippen molar-refractivity contribution < 1.29 is 18.1 Å². The van der Waals surface area contributed by atoms with E-state index in [4.69, 9.17) is 12.2 Å². The lowest BCUT2D eigenvalue weighted by Crippen LogP contribution is -2.48. The number of anilines is 2. The molecule has 2 aliphatic rings. The smallest absolute Gasteiger partial charge is 0.382 e. The third-order valence-electron chi connectivity index (χ3n) is 7.51. The highest BCUT2D eigenvalue weighted by Gasteiger charge is 2.38. The number of thiocarbonyl (C=S) groups is 1. The Morgan fingerprint density at radius 1 is 1.05 bits per heavy atom. The zero-order valence-electron chi connectivity index (χ0n) is 21.0. The summed E-state index contributed by atoms with van der Waals surface area (Å²) < 4.78 is 39.8. The highest BCUT2D eigenvalue weighted by molar-refractivity contribution is 7.80. The highest BCUT2D eigenvalue weighted by Crippen LogP contribution is 2.38. The van der Waals surface area contributed by atoms with Gasteiger partial charge in [-0.2, -0.15) is 13.2 Å². The monoisotopic (exact) mass is 534 g/mol. The van der Waals surface area contributed by atoms with Crippen LogP contribution in [-0.4, -0.2) is 47.0 Å². The maximum atomic E-state index is 13.3. The van der Waals surface area contributed by atoms with Crippen molar-refractivity contribution >= 4 is 34.3 Å². The molecule has 1 N–H and O–H groups in total. The van der Waals surface area contributed by atoms with E-state index in [2.05, 4.69) is 46.3 Å². The Morgan fingerprint density at radius 3 is 2.30 bits per heavy atom. The van der Waals surface area contributed by atoms with E-state index in [1.807, 2.05) is 0 Å². The van der Waals surface area contributed by atoms with Crippen molar-refractivity contribution in [1.29, 1.82) is 0 Å². The quantitative estimate of drug-likeness (QED) is 0.239. The molecule has 0 aromatic heterocycles. The third-order valence-corrected chi connectivity index (χ3v) is 7.98. The number of nitrogens with one attached hydrogen (secondary N) is 1. The van der Waals surface area contributed by atoms with Gasteiger partial charge in [-0.1, -0.05) is 29.9 Å². The molecule has 6 nitrogen and oxygen atoms in total. The summed E-state index contributed by atoms with van der Waals surface area (Å²) in [6, 6.07) is 11.8. The van der Waals surface area contributed by atoms with Crippen molar-refractivity contribution in [3.63, 3.8) is 0 Å². The van der Waals surface area contributed by atoms with Crippen LogP contribution in [0.15, 0.2) is 42.5 Å². The minimum Gasteiger partial charge on any atom is -0.382 e. The van der Waals surface area contributed by atoms with Crippen molar-refractivity contribution in [2.45, 2.75) is 57.7 Å². The molecule has 0 atom stereocenters. The van der Waals surface area contributed by atoms with Crippen LogP contribution in [0.4, 0.5) is 30.2 Å². The van der Waals surface area contributed by atoms with Crippen molar-refractivity contribution in [3.8, 4) is 0 Å². The molecule has 1 aliphatic carbocycles.